The maximum atomic E-state index is 13.0. The monoisotopic (exact) mass is 357 g/mol. The average molecular weight is 359 g/mol. The van der Waals surface area contributed by atoms with Crippen LogP contribution in [0.5, 0.6) is 0 Å². The molecular formula is C11H8BrClF3NO2. The highest BCUT2D eigenvalue weighted by atomic mass is 79.9. The van der Waals surface area contributed by atoms with Gasteiger partial charge in [-0.1, -0.05) is 11.6 Å². The molecule has 104 valence electrons. The molecular weight excluding hydrogens is 350 g/mol. The van der Waals surface area contributed by atoms with Gasteiger partial charge in [-0.3, -0.25) is 0 Å². The van der Waals surface area contributed by atoms with Crippen LogP contribution in [0.1, 0.15) is 6.42 Å². The summed E-state index contributed by atoms with van der Waals surface area (Å²) >= 11 is 8.92. The topological polar surface area (TPSA) is 38.3 Å². The van der Waals surface area contributed by atoms with Gasteiger partial charge in [0.05, 0.1) is 23.7 Å². The lowest BCUT2D eigenvalue weighted by Crippen LogP contribution is -2.22. The largest absolute Gasteiger partial charge is 0.456 e. The minimum absolute atomic E-state index is 0.0364. The molecule has 1 saturated heterocycles. The number of halogens is 5. The van der Waals surface area contributed by atoms with Crippen molar-refractivity contribution in [3.8, 4) is 0 Å². The fourth-order valence-electron chi connectivity index (χ4n) is 1.69. The van der Waals surface area contributed by atoms with Gasteiger partial charge in [0.15, 0.2) is 0 Å². The summed E-state index contributed by atoms with van der Waals surface area (Å²) in [6.07, 6.45) is -1.63. The van der Waals surface area contributed by atoms with E-state index in [0.29, 0.717) is 10.2 Å². The fourth-order valence-corrected chi connectivity index (χ4v) is 2.65. The Bertz CT molecular complexity index is 504. The van der Waals surface area contributed by atoms with Crippen LogP contribution in [0.4, 0.5) is 18.9 Å². The van der Waals surface area contributed by atoms with Gasteiger partial charge in [0.2, 0.25) is 0 Å². The van der Waals surface area contributed by atoms with Crippen molar-refractivity contribution in [1.29, 1.82) is 0 Å². The van der Waals surface area contributed by atoms with Crippen LogP contribution in [-0.4, -0.2) is 24.5 Å². The Kier molecular flexibility index (Phi) is 3.96. The highest BCUT2D eigenvalue weighted by Gasteiger charge is 2.50. The van der Waals surface area contributed by atoms with E-state index in [4.69, 9.17) is 11.6 Å². The molecule has 1 aliphatic heterocycles. The average Bonchev–Trinajstić information content (AvgIpc) is 2.51. The number of rotatable bonds is 3. The zero-order chi connectivity index (χ0) is 14.2. The Morgan fingerprint density at radius 2 is 2.21 bits per heavy atom. The molecule has 19 heavy (non-hydrogen) atoms. The smallest absolute Gasteiger partial charge is 0.377 e. The second kappa shape index (κ2) is 5.20. The normalized spacial score (nSPS) is 21.3. The molecule has 1 aromatic carbocycles. The van der Waals surface area contributed by atoms with Crippen LogP contribution in [0.25, 0.3) is 0 Å². The van der Waals surface area contributed by atoms with Crippen molar-refractivity contribution in [3.05, 3.63) is 27.4 Å². The molecule has 0 bridgehead atoms. The number of esters is 1. The van der Waals surface area contributed by atoms with Crippen LogP contribution in [0.2, 0.25) is 5.02 Å². The number of carbonyl (C=O) groups is 1. The molecule has 1 atom stereocenters. The molecule has 1 aliphatic rings. The first-order chi connectivity index (χ1) is 8.79. The van der Waals surface area contributed by atoms with Crippen LogP contribution in [0, 0.1) is 5.82 Å². The quantitative estimate of drug-likeness (QED) is 0.839. The van der Waals surface area contributed by atoms with E-state index in [1.165, 1.54) is 6.07 Å². The molecule has 0 spiro atoms. The first-order valence-electron chi connectivity index (χ1n) is 5.27. The molecule has 1 heterocycles. The molecule has 1 N–H and O–H groups in total. The SMILES string of the molecule is O=C1OC(CNc2c(Cl)cc(F)cc2Br)CC1(F)F. The molecule has 0 aromatic heterocycles. The van der Waals surface area contributed by atoms with Gasteiger partial charge >= 0.3 is 11.9 Å². The summed E-state index contributed by atoms with van der Waals surface area (Å²) in [5.74, 6) is -5.50. The predicted octanol–water partition coefficient (Wildman–Crippen LogP) is 3.60. The Balaban J connectivity index is 2.03. The fraction of sp³-hybridized carbons (Fsp3) is 0.364. The van der Waals surface area contributed by atoms with E-state index in [0.717, 1.165) is 6.07 Å². The van der Waals surface area contributed by atoms with Crippen molar-refractivity contribution in [2.75, 3.05) is 11.9 Å². The molecule has 0 amide bonds. The highest BCUT2D eigenvalue weighted by molar-refractivity contribution is 9.10. The lowest BCUT2D eigenvalue weighted by Gasteiger charge is -2.14. The molecule has 0 aliphatic carbocycles. The molecule has 2 rings (SSSR count). The van der Waals surface area contributed by atoms with E-state index in [9.17, 15) is 18.0 Å². The van der Waals surface area contributed by atoms with Crippen LogP contribution in [0.15, 0.2) is 16.6 Å². The summed E-state index contributed by atoms with van der Waals surface area (Å²) in [7, 11) is 0. The molecule has 1 aromatic rings. The maximum absolute atomic E-state index is 13.0. The summed E-state index contributed by atoms with van der Waals surface area (Å²) in [6.45, 7) is -0.0364. The Morgan fingerprint density at radius 3 is 2.74 bits per heavy atom. The Hall–Kier alpha value is -0.950. The van der Waals surface area contributed by atoms with Crippen molar-refractivity contribution < 1.29 is 22.7 Å². The molecule has 1 fully saturated rings. The van der Waals surface area contributed by atoms with E-state index in [-0.39, 0.29) is 11.6 Å². The third-order valence-corrected chi connectivity index (χ3v) is 3.49. The van der Waals surface area contributed by atoms with Gasteiger partial charge in [-0.15, -0.1) is 0 Å². The van der Waals surface area contributed by atoms with Crippen molar-refractivity contribution in [1.82, 2.24) is 0 Å². The number of anilines is 1. The van der Waals surface area contributed by atoms with Crippen LogP contribution >= 0.6 is 27.5 Å². The third kappa shape index (κ3) is 3.14. The van der Waals surface area contributed by atoms with E-state index in [1.807, 2.05) is 0 Å². The second-order valence-corrected chi connectivity index (χ2v) is 5.32. The molecule has 3 nitrogen and oxygen atoms in total. The van der Waals surface area contributed by atoms with Gasteiger partial charge in [0, 0.05) is 4.47 Å². The van der Waals surface area contributed by atoms with Gasteiger partial charge in [0.1, 0.15) is 11.9 Å². The minimum atomic E-state index is -3.45. The summed E-state index contributed by atoms with van der Waals surface area (Å²) in [5.41, 5.74) is 0.356. The van der Waals surface area contributed by atoms with Crippen LogP contribution in [0.3, 0.4) is 0 Å². The number of alkyl halides is 2. The number of hydrogen-bond acceptors (Lipinski definition) is 3. The Labute approximate surface area is 120 Å². The van der Waals surface area contributed by atoms with Gasteiger partial charge < -0.3 is 10.1 Å². The van der Waals surface area contributed by atoms with Crippen molar-refractivity contribution in [2.45, 2.75) is 18.4 Å². The number of cyclic esters (lactones) is 1. The number of hydrogen-bond donors (Lipinski definition) is 1. The van der Waals surface area contributed by atoms with E-state index in [1.54, 1.807) is 0 Å². The zero-order valence-corrected chi connectivity index (χ0v) is 11.7. The van der Waals surface area contributed by atoms with E-state index < -0.39 is 30.2 Å². The number of ether oxygens (including phenoxy) is 1. The standard InChI is InChI=1S/C11H8BrClF3NO2/c12-7-1-5(14)2-8(13)9(7)17-4-6-3-11(15,16)10(18)19-6/h1-2,6,17H,3-4H2. The van der Waals surface area contributed by atoms with Crippen LogP contribution in [-0.2, 0) is 9.53 Å². The summed E-state index contributed by atoms with van der Waals surface area (Å²) in [4.78, 5) is 10.8. The van der Waals surface area contributed by atoms with Crippen molar-refractivity contribution >= 4 is 39.2 Å². The molecule has 0 radical (unpaired) electrons. The third-order valence-electron chi connectivity index (χ3n) is 2.57. The second-order valence-electron chi connectivity index (χ2n) is 4.06. The molecule has 1 unspecified atom stereocenters. The van der Waals surface area contributed by atoms with Crippen molar-refractivity contribution in [3.63, 3.8) is 0 Å². The maximum Gasteiger partial charge on any atom is 0.377 e. The van der Waals surface area contributed by atoms with Gasteiger partial charge in [-0.25, -0.2) is 9.18 Å². The first-order valence-corrected chi connectivity index (χ1v) is 6.44. The molecule has 8 heteroatoms. The minimum Gasteiger partial charge on any atom is -0.456 e. The zero-order valence-electron chi connectivity index (χ0n) is 9.35. The molecule has 0 saturated carbocycles. The lowest BCUT2D eigenvalue weighted by atomic mass is 10.2. The Morgan fingerprint density at radius 1 is 1.53 bits per heavy atom. The lowest BCUT2D eigenvalue weighted by molar-refractivity contribution is -0.158. The van der Waals surface area contributed by atoms with Gasteiger partial charge in [0.25, 0.3) is 0 Å². The van der Waals surface area contributed by atoms with Gasteiger partial charge in [-0.2, -0.15) is 8.78 Å². The van der Waals surface area contributed by atoms with E-state index in [2.05, 4.69) is 26.0 Å². The van der Waals surface area contributed by atoms with E-state index >= 15 is 0 Å². The predicted molar refractivity (Wildman–Crippen MR) is 67.0 cm³/mol. The summed E-state index contributed by atoms with van der Waals surface area (Å²) < 4.78 is 43.7. The van der Waals surface area contributed by atoms with Crippen LogP contribution < -0.4 is 5.32 Å². The first kappa shape index (κ1) is 14.5. The van der Waals surface area contributed by atoms with Crippen molar-refractivity contribution in [2.24, 2.45) is 0 Å². The number of benzene rings is 1. The summed E-state index contributed by atoms with van der Waals surface area (Å²) in [5, 5.41) is 2.85. The highest BCUT2D eigenvalue weighted by Crippen LogP contribution is 2.34. The summed E-state index contributed by atoms with van der Waals surface area (Å²) in [6, 6.07) is 2.27. The number of carbonyl (C=O) groups excluding carboxylic acids is 1. The number of nitrogens with one attached hydrogen (secondary N) is 1. The van der Waals surface area contributed by atoms with Gasteiger partial charge in [-0.05, 0) is 28.1 Å².